The van der Waals surface area contributed by atoms with E-state index in [-0.39, 0.29) is 5.91 Å². The maximum Gasteiger partial charge on any atom is 0.251 e. The van der Waals surface area contributed by atoms with Gasteiger partial charge in [-0.3, -0.25) is 4.79 Å². The van der Waals surface area contributed by atoms with E-state index in [2.05, 4.69) is 15.3 Å². The van der Waals surface area contributed by atoms with Crippen LogP contribution in [0.2, 0.25) is 0 Å². The molecule has 5 heteroatoms. The lowest BCUT2D eigenvalue weighted by Crippen LogP contribution is -2.24. The number of nitrogens with zero attached hydrogens (tertiary/aromatic N) is 3. The number of hydrogen-bond donors (Lipinski definition) is 1. The van der Waals surface area contributed by atoms with Crippen LogP contribution in [0.1, 0.15) is 27.4 Å². The summed E-state index contributed by atoms with van der Waals surface area (Å²) in [7, 11) is 3.85. The molecule has 0 saturated heterocycles. The van der Waals surface area contributed by atoms with Crippen molar-refractivity contribution in [3.8, 4) is 0 Å². The topological polar surface area (TPSA) is 58.1 Å². The third-order valence-electron chi connectivity index (χ3n) is 3.07. The quantitative estimate of drug-likeness (QED) is 0.934. The van der Waals surface area contributed by atoms with Gasteiger partial charge in [0.1, 0.15) is 11.6 Å². The smallest absolute Gasteiger partial charge is 0.251 e. The van der Waals surface area contributed by atoms with Crippen molar-refractivity contribution in [1.82, 2.24) is 15.3 Å². The van der Waals surface area contributed by atoms with E-state index in [1.807, 2.05) is 63.2 Å². The molecular weight excluding hydrogens is 264 g/mol. The Labute approximate surface area is 125 Å². The molecular formula is C16H20N4O. The van der Waals surface area contributed by atoms with Crippen molar-refractivity contribution in [2.75, 3.05) is 19.0 Å². The molecule has 1 heterocycles. The van der Waals surface area contributed by atoms with Gasteiger partial charge in [-0.25, -0.2) is 9.97 Å². The molecule has 110 valence electrons. The second-order valence-corrected chi connectivity index (χ2v) is 5.23. The van der Waals surface area contributed by atoms with Crippen molar-refractivity contribution in [3.05, 3.63) is 53.0 Å². The Morgan fingerprint density at radius 3 is 2.43 bits per heavy atom. The minimum Gasteiger partial charge on any atom is -0.363 e. The number of anilines is 1. The third-order valence-corrected chi connectivity index (χ3v) is 3.07. The summed E-state index contributed by atoms with van der Waals surface area (Å²) in [6, 6.07) is 9.37. The van der Waals surface area contributed by atoms with Crippen LogP contribution >= 0.6 is 0 Å². The Bertz CT molecular complexity index is 635. The van der Waals surface area contributed by atoms with Crippen molar-refractivity contribution in [1.29, 1.82) is 0 Å². The van der Waals surface area contributed by atoms with E-state index in [9.17, 15) is 4.79 Å². The van der Waals surface area contributed by atoms with Crippen molar-refractivity contribution in [2.24, 2.45) is 0 Å². The average Bonchev–Trinajstić information content (AvgIpc) is 2.45. The molecule has 0 aliphatic carbocycles. The zero-order valence-corrected chi connectivity index (χ0v) is 12.8. The number of aryl methyl sites for hydroxylation is 2. The van der Waals surface area contributed by atoms with Gasteiger partial charge in [0.05, 0.1) is 6.54 Å². The van der Waals surface area contributed by atoms with E-state index < -0.39 is 0 Å². The van der Waals surface area contributed by atoms with Crippen molar-refractivity contribution >= 4 is 11.7 Å². The van der Waals surface area contributed by atoms with Crippen LogP contribution in [0.4, 0.5) is 5.82 Å². The summed E-state index contributed by atoms with van der Waals surface area (Å²) in [5.74, 6) is 1.33. The van der Waals surface area contributed by atoms with Gasteiger partial charge in [0, 0.05) is 31.4 Å². The summed E-state index contributed by atoms with van der Waals surface area (Å²) in [4.78, 5) is 22.7. The van der Waals surface area contributed by atoms with Crippen LogP contribution in [0, 0.1) is 13.8 Å². The highest BCUT2D eigenvalue weighted by Gasteiger charge is 2.08. The molecule has 0 aliphatic rings. The number of hydrogen-bond acceptors (Lipinski definition) is 4. The zero-order valence-electron chi connectivity index (χ0n) is 12.8. The van der Waals surface area contributed by atoms with Crippen LogP contribution in [-0.2, 0) is 6.54 Å². The first-order valence-electron chi connectivity index (χ1n) is 6.82. The van der Waals surface area contributed by atoms with Gasteiger partial charge in [-0.2, -0.15) is 0 Å². The monoisotopic (exact) mass is 284 g/mol. The highest BCUT2D eigenvalue weighted by atomic mass is 16.1. The average molecular weight is 284 g/mol. The van der Waals surface area contributed by atoms with E-state index in [1.54, 1.807) is 0 Å². The molecule has 1 aromatic carbocycles. The van der Waals surface area contributed by atoms with Crippen LogP contribution in [0.5, 0.6) is 0 Å². The fourth-order valence-corrected chi connectivity index (χ4v) is 1.89. The molecule has 0 saturated carbocycles. The van der Waals surface area contributed by atoms with Gasteiger partial charge in [-0.15, -0.1) is 0 Å². The maximum absolute atomic E-state index is 12.1. The number of rotatable bonds is 4. The van der Waals surface area contributed by atoms with E-state index >= 15 is 0 Å². The van der Waals surface area contributed by atoms with Gasteiger partial charge in [-0.1, -0.05) is 17.7 Å². The molecule has 21 heavy (non-hydrogen) atoms. The third kappa shape index (κ3) is 4.02. The molecule has 0 fully saturated rings. The van der Waals surface area contributed by atoms with Crippen LogP contribution in [0.3, 0.4) is 0 Å². The van der Waals surface area contributed by atoms with Crippen molar-refractivity contribution in [2.45, 2.75) is 20.4 Å². The number of nitrogens with one attached hydrogen (secondary N) is 1. The SMILES string of the molecule is Cc1ccc(C(=O)NCc2nc(C)cc(N(C)C)n2)cc1. The highest BCUT2D eigenvalue weighted by molar-refractivity contribution is 5.94. The number of amides is 1. The summed E-state index contributed by atoms with van der Waals surface area (Å²) in [5, 5.41) is 2.85. The summed E-state index contributed by atoms with van der Waals surface area (Å²) >= 11 is 0. The summed E-state index contributed by atoms with van der Waals surface area (Å²) in [6.45, 7) is 4.22. The standard InChI is InChI=1S/C16H20N4O/c1-11-5-7-13(8-6-11)16(21)17-10-14-18-12(2)9-15(19-14)20(3)4/h5-9H,10H2,1-4H3,(H,17,21). The fourth-order valence-electron chi connectivity index (χ4n) is 1.89. The summed E-state index contributed by atoms with van der Waals surface area (Å²) < 4.78 is 0. The van der Waals surface area contributed by atoms with E-state index in [0.29, 0.717) is 17.9 Å². The van der Waals surface area contributed by atoms with Gasteiger partial charge in [0.15, 0.2) is 0 Å². The van der Waals surface area contributed by atoms with Crippen LogP contribution in [0.15, 0.2) is 30.3 Å². The second kappa shape index (κ2) is 6.35. The van der Waals surface area contributed by atoms with E-state index in [0.717, 1.165) is 17.1 Å². The Morgan fingerprint density at radius 2 is 1.81 bits per heavy atom. The lowest BCUT2D eigenvalue weighted by atomic mass is 10.1. The predicted molar refractivity (Wildman–Crippen MR) is 83.4 cm³/mol. The molecule has 0 aliphatic heterocycles. The number of aromatic nitrogens is 2. The lowest BCUT2D eigenvalue weighted by molar-refractivity contribution is 0.0950. The highest BCUT2D eigenvalue weighted by Crippen LogP contribution is 2.09. The summed E-state index contributed by atoms with van der Waals surface area (Å²) in [6.07, 6.45) is 0. The molecule has 0 atom stereocenters. The first-order valence-corrected chi connectivity index (χ1v) is 6.82. The van der Waals surface area contributed by atoms with E-state index in [1.165, 1.54) is 0 Å². The van der Waals surface area contributed by atoms with Gasteiger partial charge < -0.3 is 10.2 Å². The second-order valence-electron chi connectivity index (χ2n) is 5.23. The minimum atomic E-state index is -0.119. The normalized spacial score (nSPS) is 10.3. The molecule has 0 radical (unpaired) electrons. The van der Waals surface area contributed by atoms with Gasteiger partial charge in [-0.05, 0) is 26.0 Å². The zero-order chi connectivity index (χ0) is 15.4. The van der Waals surface area contributed by atoms with Gasteiger partial charge in [0.2, 0.25) is 0 Å². The first-order chi connectivity index (χ1) is 9.95. The van der Waals surface area contributed by atoms with Gasteiger partial charge >= 0.3 is 0 Å². The predicted octanol–water partition coefficient (Wildman–Crippen LogP) is 2.09. The minimum absolute atomic E-state index is 0.119. The van der Waals surface area contributed by atoms with Crippen molar-refractivity contribution in [3.63, 3.8) is 0 Å². The molecule has 5 nitrogen and oxygen atoms in total. The Morgan fingerprint density at radius 1 is 1.14 bits per heavy atom. The lowest BCUT2D eigenvalue weighted by Gasteiger charge is -2.13. The Hall–Kier alpha value is -2.43. The molecule has 2 aromatic rings. The van der Waals surface area contributed by atoms with E-state index in [4.69, 9.17) is 0 Å². The molecule has 2 rings (SSSR count). The molecule has 0 unspecified atom stereocenters. The molecule has 1 amide bonds. The number of carbonyl (C=O) groups is 1. The molecule has 0 bridgehead atoms. The molecule has 0 spiro atoms. The fraction of sp³-hybridized carbons (Fsp3) is 0.312. The Kier molecular flexibility index (Phi) is 4.52. The molecule has 1 N–H and O–H groups in total. The van der Waals surface area contributed by atoms with Crippen molar-refractivity contribution < 1.29 is 4.79 Å². The first kappa shape index (κ1) is 15.0. The van der Waals surface area contributed by atoms with Gasteiger partial charge in [0.25, 0.3) is 5.91 Å². The van der Waals surface area contributed by atoms with Crippen LogP contribution < -0.4 is 10.2 Å². The largest absolute Gasteiger partial charge is 0.363 e. The number of carbonyl (C=O) groups excluding carboxylic acids is 1. The number of benzene rings is 1. The van der Waals surface area contributed by atoms with Crippen LogP contribution in [0.25, 0.3) is 0 Å². The Balaban J connectivity index is 2.05. The summed E-state index contributed by atoms with van der Waals surface area (Å²) in [5.41, 5.74) is 2.65. The molecule has 1 aromatic heterocycles. The maximum atomic E-state index is 12.1. The van der Waals surface area contributed by atoms with Crippen LogP contribution in [-0.4, -0.2) is 30.0 Å².